The molecule has 2 aromatic rings. The summed E-state index contributed by atoms with van der Waals surface area (Å²) in [6, 6.07) is 3.85. The van der Waals surface area contributed by atoms with E-state index in [-0.39, 0.29) is 0 Å². The molecule has 2 rings (SSSR count). The van der Waals surface area contributed by atoms with Crippen molar-refractivity contribution in [3.05, 3.63) is 42.0 Å². The number of pyridine rings is 1. The molecule has 0 bridgehead atoms. The topological polar surface area (TPSA) is 56.7 Å². The molecule has 0 saturated carbocycles. The van der Waals surface area contributed by atoms with E-state index >= 15 is 0 Å². The smallest absolute Gasteiger partial charge is 0.0679 e. The van der Waals surface area contributed by atoms with E-state index in [9.17, 15) is 0 Å². The minimum absolute atomic E-state index is 0.452. The van der Waals surface area contributed by atoms with Crippen molar-refractivity contribution in [1.29, 1.82) is 0 Å². The summed E-state index contributed by atoms with van der Waals surface area (Å²) in [6.07, 6.45) is 5.53. The minimum atomic E-state index is 0.452. The average molecular weight is 188 g/mol. The van der Waals surface area contributed by atoms with E-state index in [1.165, 1.54) is 0 Å². The summed E-state index contributed by atoms with van der Waals surface area (Å²) in [7, 11) is 0. The van der Waals surface area contributed by atoms with Gasteiger partial charge in [0.05, 0.1) is 17.6 Å². The number of nitrogens with two attached hydrogens (primary N) is 1. The molecule has 0 saturated heterocycles. The normalized spacial score (nSPS) is 10.4. The lowest BCUT2D eigenvalue weighted by Crippen LogP contribution is -2.02. The number of aryl methyl sites for hydroxylation is 1. The van der Waals surface area contributed by atoms with Gasteiger partial charge < -0.3 is 5.73 Å². The molecule has 2 aromatic heterocycles. The number of aromatic nitrogens is 3. The van der Waals surface area contributed by atoms with Crippen molar-refractivity contribution >= 4 is 0 Å². The molecule has 0 unspecified atom stereocenters. The van der Waals surface area contributed by atoms with E-state index in [4.69, 9.17) is 5.73 Å². The lowest BCUT2D eigenvalue weighted by Gasteiger charge is -2.02. The highest BCUT2D eigenvalue weighted by molar-refractivity contribution is 5.31. The molecule has 0 aliphatic rings. The molecular weight excluding hydrogens is 176 g/mol. The van der Waals surface area contributed by atoms with Gasteiger partial charge in [-0.05, 0) is 24.6 Å². The van der Waals surface area contributed by atoms with Gasteiger partial charge in [0.15, 0.2) is 0 Å². The second-order valence-corrected chi connectivity index (χ2v) is 3.17. The Morgan fingerprint density at radius 2 is 2.36 bits per heavy atom. The molecule has 0 aromatic carbocycles. The number of hydrogen-bond acceptors (Lipinski definition) is 3. The molecule has 2 heterocycles. The van der Waals surface area contributed by atoms with Crippen molar-refractivity contribution in [3.63, 3.8) is 0 Å². The van der Waals surface area contributed by atoms with Crippen LogP contribution in [0.25, 0.3) is 5.69 Å². The average Bonchev–Trinajstić information content (AvgIpc) is 2.65. The predicted molar refractivity (Wildman–Crippen MR) is 54.0 cm³/mol. The largest absolute Gasteiger partial charge is 0.325 e. The summed E-state index contributed by atoms with van der Waals surface area (Å²) < 4.78 is 1.82. The van der Waals surface area contributed by atoms with E-state index in [1.54, 1.807) is 6.20 Å². The monoisotopic (exact) mass is 188 g/mol. The van der Waals surface area contributed by atoms with Crippen LogP contribution >= 0.6 is 0 Å². The molecule has 4 nitrogen and oxygen atoms in total. The fraction of sp³-hybridized carbons (Fsp3) is 0.200. The Hall–Kier alpha value is -1.68. The molecule has 0 aliphatic carbocycles. The van der Waals surface area contributed by atoms with Crippen molar-refractivity contribution < 1.29 is 0 Å². The van der Waals surface area contributed by atoms with Gasteiger partial charge in [0.2, 0.25) is 0 Å². The molecule has 0 fully saturated rings. The zero-order valence-electron chi connectivity index (χ0n) is 8.01. The van der Waals surface area contributed by atoms with Gasteiger partial charge in [-0.2, -0.15) is 5.10 Å². The summed E-state index contributed by atoms with van der Waals surface area (Å²) in [5, 5.41) is 4.21. The van der Waals surface area contributed by atoms with Crippen LogP contribution in [0.15, 0.2) is 30.7 Å². The molecule has 0 atom stereocenters. The van der Waals surface area contributed by atoms with Crippen LogP contribution in [0.5, 0.6) is 0 Å². The molecule has 4 heteroatoms. The Morgan fingerprint density at radius 1 is 1.50 bits per heavy atom. The molecule has 2 N–H and O–H groups in total. The first-order valence-electron chi connectivity index (χ1n) is 4.46. The van der Waals surface area contributed by atoms with Crippen LogP contribution in [0.3, 0.4) is 0 Å². The van der Waals surface area contributed by atoms with Crippen LogP contribution in [0.4, 0.5) is 0 Å². The standard InChI is InChI=1S/C10H12N4/c1-8-6-13-14(7-8)10-2-3-12-9(4-10)5-11/h2-4,6-7H,5,11H2,1H3. The Kier molecular flexibility index (Phi) is 2.28. The van der Waals surface area contributed by atoms with E-state index in [0.29, 0.717) is 6.54 Å². The molecule has 0 amide bonds. The van der Waals surface area contributed by atoms with Crippen molar-refractivity contribution in [2.75, 3.05) is 0 Å². The van der Waals surface area contributed by atoms with Crippen LogP contribution in [0.2, 0.25) is 0 Å². The van der Waals surface area contributed by atoms with Gasteiger partial charge in [-0.15, -0.1) is 0 Å². The Labute approximate surface area is 82.4 Å². The summed E-state index contributed by atoms with van der Waals surface area (Å²) in [5.41, 5.74) is 8.51. The maximum absolute atomic E-state index is 5.51. The van der Waals surface area contributed by atoms with Crippen molar-refractivity contribution in [1.82, 2.24) is 14.8 Å². The lowest BCUT2D eigenvalue weighted by molar-refractivity contribution is 0.867. The highest BCUT2D eigenvalue weighted by Crippen LogP contribution is 2.08. The minimum Gasteiger partial charge on any atom is -0.325 e. The lowest BCUT2D eigenvalue weighted by atomic mass is 10.3. The first-order chi connectivity index (χ1) is 6.79. The Morgan fingerprint density at radius 3 is 3.00 bits per heavy atom. The van der Waals surface area contributed by atoms with E-state index < -0.39 is 0 Å². The fourth-order valence-corrected chi connectivity index (χ4v) is 1.27. The van der Waals surface area contributed by atoms with Crippen LogP contribution < -0.4 is 5.73 Å². The second kappa shape index (κ2) is 3.59. The van der Waals surface area contributed by atoms with Gasteiger partial charge in [-0.25, -0.2) is 4.68 Å². The number of rotatable bonds is 2. The van der Waals surface area contributed by atoms with Gasteiger partial charge in [0.1, 0.15) is 0 Å². The quantitative estimate of drug-likeness (QED) is 0.766. The van der Waals surface area contributed by atoms with Gasteiger partial charge in [0, 0.05) is 18.9 Å². The van der Waals surface area contributed by atoms with Crippen molar-refractivity contribution in [2.45, 2.75) is 13.5 Å². The van der Waals surface area contributed by atoms with E-state index in [2.05, 4.69) is 10.1 Å². The predicted octanol–water partition coefficient (Wildman–Crippen LogP) is 1.03. The highest BCUT2D eigenvalue weighted by atomic mass is 15.3. The molecule has 0 radical (unpaired) electrons. The molecule has 0 spiro atoms. The first-order valence-corrected chi connectivity index (χ1v) is 4.46. The van der Waals surface area contributed by atoms with Crippen LogP contribution in [0.1, 0.15) is 11.3 Å². The van der Waals surface area contributed by atoms with Gasteiger partial charge in [-0.3, -0.25) is 4.98 Å². The molecule has 0 aliphatic heterocycles. The maximum atomic E-state index is 5.51. The number of hydrogen-bond donors (Lipinski definition) is 1. The second-order valence-electron chi connectivity index (χ2n) is 3.17. The zero-order valence-corrected chi connectivity index (χ0v) is 8.01. The molecular formula is C10H12N4. The summed E-state index contributed by atoms with van der Waals surface area (Å²) in [6.45, 7) is 2.46. The fourth-order valence-electron chi connectivity index (χ4n) is 1.27. The summed E-state index contributed by atoms with van der Waals surface area (Å²) in [5.74, 6) is 0. The van der Waals surface area contributed by atoms with Crippen LogP contribution in [-0.2, 0) is 6.54 Å². The summed E-state index contributed by atoms with van der Waals surface area (Å²) in [4.78, 5) is 4.12. The highest BCUT2D eigenvalue weighted by Gasteiger charge is 1.99. The van der Waals surface area contributed by atoms with Gasteiger partial charge in [-0.1, -0.05) is 0 Å². The third-order valence-electron chi connectivity index (χ3n) is 1.99. The molecule has 14 heavy (non-hydrogen) atoms. The Bertz CT molecular complexity index is 433. The van der Waals surface area contributed by atoms with Crippen LogP contribution in [0, 0.1) is 6.92 Å². The third-order valence-corrected chi connectivity index (χ3v) is 1.99. The third kappa shape index (κ3) is 1.65. The molecule has 72 valence electrons. The Balaban J connectivity index is 2.41. The number of nitrogens with zero attached hydrogens (tertiary/aromatic N) is 3. The van der Waals surface area contributed by atoms with Gasteiger partial charge >= 0.3 is 0 Å². The zero-order chi connectivity index (χ0) is 9.97. The van der Waals surface area contributed by atoms with Crippen molar-refractivity contribution in [3.8, 4) is 5.69 Å². The van der Waals surface area contributed by atoms with E-state index in [1.807, 2.05) is 36.1 Å². The van der Waals surface area contributed by atoms with E-state index in [0.717, 1.165) is 16.9 Å². The SMILES string of the molecule is Cc1cnn(-c2ccnc(CN)c2)c1. The van der Waals surface area contributed by atoms with Crippen molar-refractivity contribution in [2.24, 2.45) is 5.73 Å². The first kappa shape index (κ1) is 8.90. The summed E-state index contributed by atoms with van der Waals surface area (Å²) >= 11 is 0. The van der Waals surface area contributed by atoms with Gasteiger partial charge in [0.25, 0.3) is 0 Å². The van der Waals surface area contributed by atoms with Crippen LogP contribution in [-0.4, -0.2) is 14.8 Å². The maximum Gasteiger partial charge on any atom is 0.0679 e.